The number of aliphatic carboxylic acids is 1. The first-order chi connectivity index (χ1) is 12.4. The molecule has 3 rings (SSSR count). The van der Waals surface area contributed by atoms with Gasteiger partial charge in [-0.1, -0.05) is 17.7 Å². The molecule has 1 aromatic carbocycles. The maximum absolute atomic E-state index is 13.2. The number of nitrogens with zero attached hydrogens (tertiary/aromatic N) is 2. The number of likely N-dealkylation sites (tertiary alicyclic amines) is 2. The first kappa shape index (κ1) is 18.9. The lowest BCUT2D eigenvalue weighted by Gasteiger charge is -2.34. The predicted octanol–water partition coefficient (Wildman–Crippen LogP) is 2.56. The van der Waals surface area contributed by atoms with Crippen LogP contribution in [0.1, 0.15) is 24.8 Å². The van der Waals surface area contributed by atoms with Crippen LogP contribution in [-0.2, 0) is 11.3 Å². The van der Waals surface area contributed by atoms with Gasteiger partial charge >= 0.3 is 12.0 Å². The number of hydrogen-bond acceptors (Lipinski definition) is 3. The molecule has 2 aliphatic rings. The van der Waals surface area contributed by atoms with Gasteiger partial charge in [-0.05, 0) is 43.5 Å². The van der Waals surface area contributed by atoms with Crippen LogP contribution in [0.5, 0.6) is 0 Å². The number of carboxylic acids is 1. The highest BCUT2D eigenvalue weighted by atomic mass is 35.5. The van der Waals surface area contributed by atoms with Crippen molar-refractivity contribution in [2.24, 2.45) is 5.92 Å². The zero-order valence-electron chi connectivity index (χ0n) is 14.5. The van der Waals surface area contributed by atoms with Crippen molar-refractivity contribution in [3.63, 3.8) is 0 Å². The van der Waals surface area contributed by atoms with Gasteiger partial charge in [0.25, 0.3) is 0 Å². The van der Waals surface area contributed by atoms with E-state index in [1.54, 1.807) is 11.0 Å². The minimum atomic E-state index is -0.847. The van der Waals surface area contributed by atoms with E-state index in [2.05, 4.69) is 10.2 Å². The summed E-state index contributed by atoms with van der Waals surface area (Å²) in [7, 11) is 0. The van der Waals surface area contributed by atoms with E-state index in [1.807, 2.05) is 0 Å². The third-order valence-electron chi connectivity index (χ3n) is 5.07. The molecular formula is C18H23ClFN3O3. The summed E-state index contributed by atoms with van der Waals surface area (Å²) in [6, 6.07) is 4.22. The lowest BCUT2D eigenvalue weighted by atomic mass is 10.0. The van der Waals surface area contributed by atoms with Gasteiger partial charge in [-0.3, -0.25) is 9.69 Å². The topological polar surface area (TPSA) is 72.9 Å². The number of halogens is 2. The lowest BCUT2D eigenvalue weighted by Crippen LogP contribution is -2.51. The summed E-state index contributed by atoms with van der Waals surface area (Å²) in [6.07, 6.45) is 2.33. The van der Waals surface area contributed by atoms with Gasteiger partial charge in [-0.2, -0.15) is 0 Å². The van der Waals surface area contributed by atoms with Gasteiger partial charge in [0, 0.05) is 37.2 Å². The molecule has 0 aromatic heterocycles. The molecule has 2 heterocycles. The highest BCUT2D eigenvalue weighted by Crippen LogP contribution is 2.22. The molecule has 0 aliphatic carbocycles. The second kappa shape index (κ2) is 8.22. The van der Waals surface area contributed by atoms with Crippen molar-refractivity contribution in [3.8, 4) is 0 Å². The number of carbonyl (C=O) groups is 2. The Labute approximate surface area is 156 Å². The van der Waals surface area contributed by atoms with Gasteiger partial charge in [0.05, 0.1) is 5.92 Å². The van der Waals surface area contributed by atoms with Gasteiger partial charge in [0.15, 0.2) is 0 Å². The summed E-state index contributed by atoms with van der Waals surface area (Å²) in [6.45, 7) is 2.93. The van der Waals surface area contributed by atoms with Gasteiger partial charge in [0.1, 0.15) is 5.82 Å². The van der Waals surface area contributed by atoms with Crippen LogP contribution in [-0.4, -0.2) is 59.1 Å². The van der Waals surface area contributed by atoms with E-state index in [0.717, 1.165) is 24.9 Å². The largest absolute Gasteiger partial charge is 0.481 e. The summed E-state index contributed by atoms with van der Waals surface area (Å²) in [5.41, 5.74) is 0.865. The summed E-state index contributed by atoms with van der Waals surface area (Å²) < 4.78 is 13.2. The highest BCUT2D eigenvalue weighted by molar-refractivity contribution is 6.31. The molecule has 142 valence electrons. The number of carboxylic acid groups (broad SMARTS) is 1. The average molecular weight is 384 g/mol. The van der Waals surface area contributed by atoms with Crippen LogP contribution < -0.4 is 5.32 Å². The van der Waals surface area contributed by atoms with E-state index in [9.17, 15) is 14.0 Å². The van der Waals surface area contributed by atoms with E-state index in [-0.39, 0.29) is 24.4 Å². The minimum Gasteiger partial charge on any atom is -0.481 e. The number of benzene rings is 1. The van der Waals surface area contributed by atoms with Gasteiger partial charge < -0.3 is 15.3 Å². The molecule has 2 unspecified atom stereocenters. The van der Waals surface area contributed by atoms with Crippen LogP contribution in [0, 0.1) is 11.7 Å². The second-order valence-corrected chi connectivity index (χ2v) is 7.44. The van der Waals surface area contributed by atoms with Crippen molar-refractivity contribution >= 4 is 23.6 Å². The van der Waals surface area contributed by atoms with Crippen LogP contribution in [0.2, 0.25) is 5.02 Å². The Morgan fingerprint density at radius 2 is 2.08 bits per heavy atom. The molecule has 2 N–H and O–H groups in total. The third kappa shape index (κ3) is 4.65. The fourth-order valence-electron chi connectivity index (χ4n) is 3.62. The molecule has 2 aliphatic heterocycles. The molecule has 2 fully saturated rings. The van der Waals surface area contributed by atoms with Crippen LogP contribution in [0.25, 0.3) is 0 Å². The summed E-state index contributed by atoms with van der Waals surface area (Å²) in [5.74, 6) is -1.67. The molecule has 0 bridgehead atoms. The molecule has 6 nitrogen and oxygen atoms in total. The Bertz CT molecular complexity index is 688. The Hall–Kier alpha value is -1.86. The second-order valence-electron chi connectivity index (χ2n) is 7.03. The van der Waals surface area contributed by atoms with Crippen molar-refractivity contribution in [1.82, 2.24) is 15.1 Å². The fraction of sp³-hybridized carbons (Fsp3) is 0.556. The Morgan fingerprint density at radius 1 is 1.27 bits per heavy atom. The molecule has 2 saturated heterocycles. The summed E-state index contributed by atoms with van der Waals surface area (Å²) in [4.78, 5) is 27.2. The maximum Gasteiger partial charge on any atom is 0.317 e. The van der Waals surface area contributed by atoms with Crippen molar-refractivity contribution in [2.45, 2.75) is 31.8 Å². The molecule has 2 atom stereocenters. The quantitative estimate of drug-likeness (QED) is 0.838. The Kier molecular flexibility index (Phi) is 5.98. The number of hydrogen-bond donors (Lipinski definition) is 2. The van der Waals surface area contributed by atoms with E-state index in [4.69, 9.17) is 16.7 Å². The molecule has 8 heteroatoms. The third-order valence-corrected chi connectivity index (χ3v) is 5.42. The predicted molar refractivity (Wildman–Crippen MR) is 95.6 cm³/mol. The standard InChI is InChI=1S/C18H23ClFN3O3/c19-16-8-14(20)4-3-12(16)9-22-6-1-2-15(11-22)21-18(26)23-7-5-13(10-23)17(24)25/h3-4,8,13,15H,1-2,5-7,9-11H2,(H,21,26)(H,24,25). The van der Waals surface area contributed by atoms with Crippen molar-refractivity contribution in [1.29, 1.82) is 0 Å². The minimum absolute atomic E-state index is 0.0133. The molecule has 26 heavy (non-hydrogen) atoms. The van der Waals surface area contributed by atoms with Gasteiger partial charge in [0.2, 0.25) is 0 Å². The van der Waals surface area contributed by atoms with E-state index < -0.39 is 11.9 Å². The van der Waals surface area contributed by atoms with Crippen molar-refractivity contribution < 1.29 is 19.1 Å². The number of amides is 2. The monoisotopic (exact) mass is 383 g/mol. The van der Waals surface area contributed by atoms with E-state index >= 15 is 0 Å². The first-order valence-electron chi connectivity index (χ1n) is 8.87. The summed E-state index contributed by atoms with van der Waals surface area (Å²) in [5, 5.41) is 12.5. The van der Waals surface area contributed by atoms with Gasteiger partial charge in [-0.25, -0.2) is 9.18 Å². The Morgan fingerprint density at radius 3 is 2.77 bits per heavy atom. The molecule has 0 saturated carbocycles. The molecule has 0 spiro atoms. The molecular weight excluding hydrogens is 361 g/mol. The average Bonchev–Trinajstić information content (AvgIpc) is 3.08. The van der Waals surface area contributed by atoms with Crippen molar-refractivity contribution in [2.75, 3.05) is 26.2 Å². The number of carbonyl (C=O) groups excluding carboxylic acids is 1. The van der Waals surface area contributed by atoms with Crippen molar-refractivity contribution in [3.05, 3.63) is 34.6 Å². The van der Waals surface area contributed by atoms with Crippen LogP contribution in [0.15, 0.2) is 18.2 Å². The lowest BCUT2D eigenvalue weighted by molar-refractivity contribution is -0.141. The first-order valence-corrected chi connectivity index (χ1v) is 9.24. The smallest absolute Gasteiger partial charge is 0.317 e. The number of nitrogens with one attached hydrogen (secondary N) is 1. The van der Waals surface area contributed by atoms with Crippen LogP contribution in [0.3, 0.4) is 0 Å². The molecule has 1 aromatic rings. The number of urea groups is 1. The molecule has 0 radical (unpaired) electrons. The zero-order valence-corrected chi connectivity index (χ0v) is 15.2. The van der Waals surface area contributed by atoms with E-state index in [1.165, 1.54) is 12.1 Å². The SMILES string of the molecule is O=C(O)C1CCN(C(=O)NC2CCCN(Cc3ccc(F)cc3Cl)C2)C1. The normalized spacial score (nSPS) is 23.8. The highest BCUT2D eigenvalue weighted by Gasteiger charge is 2.32. The summed E-state index contributed by atoms with van der Waals surface area (Å²) >= 11 is 6.10. The van der Waals surface area contributed by atoms with E-state index in [0.29, 0.717) is 31.1 Å². The maximum atomic E-state index is 13.2. The number of piperidine rings is 1. The molecule has 2 amide bonds. The van der Waals surface area contributed by atoms with Gasteiger partial charge in [-0.15, -0.1) is 0 Å². The zero-order chi connectivity index (χ0) is 18.7. The number of rotatable bonds is 4. The van der Waals surface area contributed by atoms with Crippen LogP contribution >= 0.6 is 11.6 Å². The van der Waals surface area contributed by atoms with Crippen LogP contribution in [0.4, 0.5) is 9.18 Å². The fourth-order valence-corrected chi connectivity index (χ4v) is 3.85. The Balaban J connectivity index is 1.52.